The number of rotatable bonds is 11. The minimum absolute atomic E-state index is 0.125. The monoisotopic (exact) mass is 336 g/mol. The van der Waals surface area contributed by atoms with Crippen LogP contribution >= 0.6 is 0 Å². The molecule has 3 amide bonds. The van der Waals surface area contributed by atoms with E-state index in [0.717, 1.165) is 45.1 Å². The number of carbonyl (C=O) groups excluding carboxylic acids is 3. The summed E-state index contributed by atoms with van der Waals surface area (Å²) in [7, 11) is 0. The number of hydrogen-bond acceptors (Lipinski definition) is 3. The number of imide groups is 1. The van der Waals surface area contributed by atoms with Gasteiger partial charge in [-0.15, -0.1) is 0 Å². The highest BCUT2D eigenvalue weighted by molar-refractivity contribution is 6.12. The van der Waals surface area contributed by atoms with E-state index < -0.39 is 0 Å². The van der Waals surface area contributed by atoms with Crippen LogP contribution in [0.3, 0.4) is 0 Å². The molecule has 0 spiro atoms. The molecule has 0 fully saturated rings. The topological polar surface area (TPSA) is 66.5 Å². The smallest absolute Gasteiger partial charge is 0.253 e. The van der Waals surface area contributed by atoms with E-state index in [0.29, 0.717) is 18.4 Å². The van der Waals surface area contributed by atoms with Gasteiger partial charge in [0.1, 0.15) is 0 Å². The second-order valence-corrected chi connectivity index (χ2v) is 7.69. The highest BCUT2D eigenvalue weighted by Gasteiger charge is 2.22. The van der Waals surface area contributed by atoms with Crippen molar-refractivity contribution in [3.63, 3.8) is 0 Å². The Balaban J connectivity index is 1.93. The third-order valence-corrected chi connectivity index (χ3v) is 4.11. The minimum Gasteiger partial charge on any atom is -0.356 e. The fourth-order valence-electron chi connectivity index (χ4n) is 2.66. The van der Waals surface area contributed by atoms with Crippen molar-refractivity contribution in [2.45, 2.75) is 72.1 Å². The molecule has 5 heteroatoms. The van der Waals surface area contributed by atoms with Crippen LogP contribution in [0.5, 0.6) is 0 Å². The molecule has 24 heavy (non-hydrogen) atoms. The van der Waals surface area contributed by atoms with E-state index in [1.54, 1.807) is 0 Å². The first-order valence-corrected chi connectivity index (χ1v) is 9.10. The third-order valence-electron chi connectivity index (χ3n) is 4.11. The van der Waals surface area contributed by atoms with Crippen molar-refractivity contribution in [1.82, 2.24) is 10.2 Å². The Morgan fingerprint density at radius 3 is 2.21 bits per heavy atom. The molecule has 1 heterocycles. The largest absolute Gasteiger partial charge is 0.356 e. The summed E-state index contributed by atoms with van der Waals surface area (Å²) >= 11 is 0. The van der Waals surface area contributed by atoms with Crippen LogP contribution in [0.2, 0.25) is 0 Å². The van der Waals surface area contributed by atoms with Crippen molar-refractivity contribution in [2.24, 2.45) is 5.41 Å². The van der Waals surface area contributed by atoms with Gasteiger partial charge in [0.05, 0.1) is 0 Å². The molecular weight excluding hydrogens is 304 g/mol. The lowest BCUT2D eigenvalue weighted by Gasteiger charge is -2.17. The molecule has 0 unspecified atom stereocenters. The van der Waals surface area contributed by atoms with E-state index in [-0.39, 0.29) is 17.7 Å². The Morgan fingerprint density at radius 2 is 1.58 bits per heavy atom. The van der Waals surface area contributed by atoms with Gasteiger partial charge in [0.15, 0.2) is 0 Å². The molecule has 1 N–H and O–H groups in total. The molecular formula is C19H32N2O3. The molecule has 0 saturated heterocycles. The number of amides is 3. The quantitative estimate of drug-likeness (QED) is 0.465. The highest BCUT2D eigenvalue weighted by atomic mass is 16.2. The predicted octanol–water partition coefficient (Wildman–Crippen LogP) is 3.19. The molecule has 0 radical (unpaired) electrons. The fourth-order valence-corrected chi connectivity index (χ4v) is 2.66. The maximum Gasteiger partial charge on any atom is 0.253 e. The van der Waals surface area contributed by atoms with Crippen LogP contribution in [0.15, 0.2) is 12.2 Å². The van der Waals surface area contributed by atoms with Crippen molar-refractivity contribution in [3.8, 4) is 0 Å². The zero-order chi connectivity index (χ0) is 18.0. The third kappa shape index (κ3) is 8.85. The second kappa shape index (κ2) is 10.3. The highest BCUT2D eigenvalue weighted by Crippen LogP contribution is 2.21. The van der Waals surface area contributed by atoms with Gasteiger partial charge in [-0.1, -0.05) is 40.0 Å². The molecule has 1 rings (SSSR count). The summed E-state index contributed by atoms with van der Waals surface area (Å²) in [5.74, 6) is -0.309. The normalized spacial score (nSPS) is 14.5. The summed E-state index contributed by atoms with van der Waals surface area (Å²) in [5, 5.41) is 2.97. The Labute approximate surface area is 145 Å². The van der Waals surface area contributed by atoms with Gasteiger partial charge < -0.3 is 5.32 Å². The summed E-state index contributed by atoms with van der Waals surface area (Å²) in [6.45, 7) is 7.94. The van der Waals surface area contributed by atoms with Gasteiger partial charge in [-0.2, -0.15) is 0 Å². The second-order valence-electron chi connectivity index (χ2n) is 7.69. The van der Waals surface area contributed by atoms with Crippen LogP contribution in [0, 0.1) is 5.41 Å². The SMILES string of the molecule is CC(C)(C)CCCCNC(=O)CCCCCCN1C(=O)C=CC1=O. The first-order valence-electron chi connectivity index (χ1n) is 9.10. The van der Waals surface area contributed by atoms with Gasteiger partial charge in [0.25, 0.3) is 11.8 Å². The van der Waals surface area contributed by atoms with E-state index in [1.807, 2.05) is 0 Å². The summed E-state index contributed by atoms with van der Waals surface area (Å²) in [6, 6.07) is 0. The predicted molar refractivity (Wildman–Crippen MR) is 95.3 cm³/mol. The first-order chi connectivity index (χ1) is 11.3. The number of unbranched alkanes of at least 4 members (excludes halogenated alkanes) is 4. The van der Waals surface area contributed by atoms with Crippen LogP contribution in [0.25, 0.3) is 0 Å². The minimum atomic E-state index is -0.217. The van der Waals surface area contributed by atoms with Crippen LogP contribution in [0.4, 0.5) is 0 Å². The van der Waals surface area contributed by atoms with Gasteiger partial charge in [-0.25, -0.2) is 0 Å². The first kappa shape index (κ1) is 20.4. The maximum absolute atomic E-state index is 11.7. The van der Waals surface area contributed by atoms with Crippen molar-refractivity contribution in [1.29, 1.82) is 0 Å². The fraction of sp³-hybridized carbons (Fsp3) is 0.737. The van der Waals surface area contributed by atoms with Crippen LogP contribution in [-0.2, 0) is 14.4 Å². The van der Waals surface area contributed by atoms with Crippen molar-refractivity contribution >= 4 is 17.7 Å². The average Bonchev–Trinajstić information content (AvgIpc) is 2.80. The summed E-state index contributed by atoms with van der Waals surface area (Å²) in [6.07, 6.45) is 10.1. The number of carbonyl (C=O) groups is 3. The molecule has 5 nitrogen and oxygen atoms in total. The molecule has 0 saturated carbocycles. The van der Waals surface area contributed by atoms with E-state index in [4.69, 9.17) is 0 Å². The number of nitrogens with one attached hydrogen (secondary N) is 1. The van der Waals surface area contributed by atoms with Crippen molar-refractivity contribution < 1.29 is 14.4 Å². The Hall–Kier alpha value is -1.65. The Bertz CT molecular complexity index is 446. The maximum atomic E-state index is 11.7. The molecule has 136 valence electrons. The molecule has 1 aliphatic rings. The summed E-state index contributed by atoms with van der Waals surface area (Å²) in [5.41, 5.74) is 0.365. The number of nitrogens with zero attached hydrogens (tertiary/aromatic N) is 1. The average molecular weight is 336 g/mol. The van der Waals surface area contributed by atoms with Crippen LogP contribution in [-0.4, -0.2) is 35.7 Å². The lowest BCUT2D eigenvalue weighted by molar-refractivity contribution is -0.136. The zero-order valence-electron chi connectivity index (χ0n) is 15.4. The van der Waals surface area contributed by atoms with E-state index >= 15 is 0 Å². The lowest BCUT2D eigenvalue weighted by atomic mass is 9.90. The Kier molecular flexibility index (Phi) is 8.72. The van der Waals surface area contributed by atoms with E-state index in [9.17, 15) is 14.4 Å². The van der Waals surface area contributed by atoms with E-state index in [2.05, 4.69) is 26.1 Å². The van der Waals surface area contributed by atoms with Gasteiger partial charge >= 0.3 is 0 Å². The Morgan fingerprint density at radius 1 is 0.958 bits per heavy atom. The molecule has 0 aliphatic carbocycles. The molecule has 0 aromatic carbocycles. The molecule has 0 aromatic heterocycles. The van der Waals surface area contributed by atoms with Gasteiger partial charge in [0.2, 0.25) is 5.91 Å². The summed E-state index contributed by atoms with van der Waals surface area (Å²) in [4.78, 5) is 35.7. The molecule has 0 bridgehead atoms. The standard InChI is InChI=1S/C19H32N2O3/c1-19(2,3)13-7-8-14-20-16(22)10-6-4-5-9-15-21-17(23)11-12-18(21)24/h11-12H,4-10,13-15H2,1-3H3,(H,20,22). The lowest BCUT2D eigenvalue weighted by Crippen LogP contribution is -2.30. The van der Waals surface area contributed by atoms with Gasteiger partial charge in [-0.05, 0) is 31.1 Å². The van der Waals surface area contributed by atoms with E-state index in [1.165, 1.54) is 23.5 Å². The molecule has 0 aromatic rings. The van der Waals surface area contributed by atoms with Crippen LogP contribution < -0.4 is 5.32 Å². The molecule has 1 aliphatic heterocycles. The summed E-state index contributed by atoms with van der Waals surface area (Å²) < 4.78 is 0. The zero-order valence-corrected chi connectivity index (χ0v) is 15.4. The van der Waals surface area contributed by atoms with Gasteiger partial charge in [0, 0.05) is 31.7 Å². The number of hydrogen-bond donors (Lipinski definition) is 1. The molecule has 0 atom stereocenters. The van der Waals surface area contributed by atoms with Crippen molar-refractivity contribution in [2.75, 3.05) is 13.1 Å². The van der Waals surface area contributed by atoms with Gasteiger partial charge in [-0.3, -0.25) is 19.3 Å². The van der Waals surface area contributed by atoms with Crippen molar-refractivity contribution in [3.05, 3.63) is 12.2 Å². The van der Waals surface area contributed by atoms with Crippen LogP contribution in [0.1, 0.15) is 72.1 Å².